The number of carbonyl (C=O) groups excluding carboxylic acids is 2. The van der Waals surface area contributed by atoms with E-state index in [9.17, 15) is 14.4 Å². The summed E-state index contributed by atoms with van der Waals surface area (Å²) in [6.07, 6.45) is 4.42. The highest BCUT2D eigenvalue weighted by Gasteiger charge is 2.13. The lowest BCUT2D eigenvalue weighted by atomic mass is 10.2. The fourth-order valence-electron chi connectivity index (χ4n) is 2.62. The minimum absolute atomic E-state index is 0.0610. The van der Waals surface area contributed by atoms with Crippen LogP contribution in [0.4, 0.5) is 0 Å². The van der Waals surface area contributed by atoms with Gasteiger partial charge in [0.2, 0.25) is 11.7 Å². The van der Waals surface area contributed by atoms with E-state index in [0.29, 0.717) is 14.2 Å². The Kier molecular flexibility index (Phi) is 6.51. The molecule has 0 spiro atoms. The van der Waals surface area contributed by atoms with E-state index >= 15 is 0 Å². The number of hydrogen-bond acceptors (Lipinski definition) is 5. The van der Waals surface area contributed by atoms with Crippen LogP contribution in [0.1, 0.15) is 30.0 Å². The maximum Gasteiger partial charge on any atom is 0.269 e. The monoisotopic (exact) mass is 430 g/mol. The molecule has 29 heavy (non-hydrogen) atoms. The van der Waals surface area contributed by atoms with Crippen LogP contribution in [0.15, 0.2) is 51.9 Å². The molecule has 2 aromatic heterocycles. The van der Waals surface area contributed by atoms with Crippen LogP contribution in [0, 0.1) is 0 Å². The molecule has 1 N–H and O–H groups in total. The molecule has 2 heterocycles. The third-order valence-corrected chi connectivity index (χ3v) is 5.19. The van der Waals surface area contributed by atoms with E-state index in [4.69, 9.17) is 16.0 Å². The van der Waals surface area contributed by atoms with Crippen molar-refractivity contribution in [3.63, 3.8) is 0 Å². The first kappa shape index (κ1) is 20.8. The van der Waals surface area contributed by atoms with Gasteiger partial charge in [-0.25, -0.2) is 0 Å². The Morgan fingerprint density at radius 2 is 1.97 bits per heavy atom. The van der Waals surface area contributed by atoms with Crippen LogP contribution < -0.4 is 20.1 Å². The van der Waals surface area contributed by atoms with Crippen molar-refractivity contribution in [1.29, 1.82) is 0 Å². The Balaban J connectivity index is 2.09. The van der Waals surface area contributed by atoms with Crippen molar-refractivity contribution >= 4 is 46.8 Å². The second-order valence-electron chi connectivity index (χ2n) is 6.60. The average Bonchev–Trinajstić information content (AvgIpc) is 3.28. The van der Waals surface area contributed by atoms with Crippen LogP contribution in [0.3, 0.4) is 0 Å². The topological polar surface area (TPSA) is 81.3 Å². The number of halogens is 1. The summed E-state index contributed by atoms with van der Waals surface area (Å²) in [4.78, 5) is 37.6. The van der Waals surface area contributed by atoms with Crippen LogP contribution in [-0.2, 0) is 11.3 Å². The largest absolute Gasteiger partial charge is 0.461 e. The minimum Gasteiger partial charge on any atom is -0.461 e. The molecule has 0 unspecified atom stereocenters. The molecule has 0 bridgehead atoms. The van der Waals surface area contributed by atoms with Gasteiger partial charge < -0.3 is 9.73 Å². The summed E-state index contributed by atoms with van der Waals surface area (Å²) in [6.45, 7) is 3.49. The number of amides is 1. The minimum atomic E-state index is -0.382. The van der Waals surface area contributed by atoms with Crippen LogP contribution in [0.2, 0.25) is 5.02 Å². The Labute approximate surface area is 175 Å². The standard InChI is InChI=1S/C21H19ClN2O4S/c1-13(2)23-19(26)12-24-20(11-16(25)17-4-3-9-28-17)29-18(21(24)27)10-14-5-7-15(22)8-6-14/h3-11,13H,12H2,1-2H3,(H,23,26). The summed E-state index contributed by atoms with van der Waals surface area (Å²) in [5.74, 6) is -0.530. The Bertz CT molecular complexity index is 1190. The maximum atomic E-state index is 12.9. The first-order valence-corrected chi connectivity index (χ1v) is 10.1. The van der Waals surface area contributed by atoms with E-state index in [0.717, 1.165) is 16.9 Å². The molecule has 1 amide bonds. The number of furan rings is 1. The predicted molar refractivity (Wildman–Crippen MR) is 114 cm³/mol. The molecule has 0 saturated carbocycles. The van der Waals surface area contributed by atoms with E-state index < -0.39 is 0 Å². The smallest absolute Gasteiger partial charge is 0.269 e. The Hall–Kier alpha value is -2.90. The van der Waals surface area contributed by atoms with E-state index in [1.807, 2.05) is 13.8 Å². The van der Waals surface area contributed by atoms with Crippen molar-refractivity contribution in [2.45, 2.75) is 26.4 Å². The molecule has 6 nitrogen and oxygen atoms in total. The number of aromatic nitrogens is 1. The third kappa shape index (κ3) is 5.34. The lowest BCUT2D eigenvalue weighted by Gasteiger charge is -2.08. The molecule has 8 heteroatoms. The zero-order chi connectivity index (χ0) is 21.0. The van der Waals surface area contributed by atoms with E-state index in [2.05, 4.69) is 5.32 Å². The van der Waals surface area contributed by atoms with E-state index in [1.165, 1.54) is 16.9 Å². The van der Waals surface area contributed by atoms with Gasteiger partial charge in [0.05, 0.1) is 10.8 Å². The number of carbonyl (C=O) groups is 2. The molecule has 150 valence electrons. The quantitative estimate of drug-likeness (QED) is 0.608. The molecule has 0 saturated heterocycles. The van der Waals surface area contributed by atoms with E-state index in [1.54, 1.807) is 42.5 Å². The van der Waals surface area contributed by atoms with Crippen LogP contribution in [0.25, 0.3) is 12.2 Å². The highest BCUT2D eigenvalue weighted by Crippen LogP contribution is 2.09. The molecular weight excluding hydrogens is 412 g/mol. The second kappa shape index (κ2) is 9.07. The molecule has 0 aliphatic heterocycles. The number of Topliss-reactive ketones (excluding diaryl/α,β-unsaturated/α-hetero) is 1. The Morgan fingerprint density at radius 1 is 1.24 bits per heavy atom. The molecule has 0 aliphatic carbocycles. The number of nitrogens with zero attached hydrogens (tertiary/aromatic N) is 1. The lowest BCUT2D eigenvalue weighted by molar-refractivity contribution is -0.122. The maximum absolute atomic E-state index is 12.9. The van der Waals surface area contributed by atoms with Gasteiger partial charge in [-0.2, -0.15) is 0 Å². The average molecular weight is 431 g/mol. The molecule has 0 atom stereocenters. The normalized spacial score (nSPS) is 12.6. The van der Waals surface area contributed by atoms with Crippen LogP contribution >= 0.6 is 22.9 Å². The number of benzene rings is 1. The van der Waals surface area contributed by atoms with Crippen molar-refractivity contribution in [3.05, 3.63) is 78.6 Å². The molecular formula is C21H19ClN2O4S. The zero-order valence-electron chi connectivity index (χ0n) is 15.8. The summed E-state index contributed by atoms with van der Waals surface area (Å²) in [6, 6.07) is 10.1. The SMILES string of the molecule is CC(C)NC(=O)Cn1c(=CC(=O)c2ccco2)sc(=Cc2ccc(Cl)cc2)c1=O. The molecule has 1 aromatic carbocycles. The van der Waals surface area contributed by atoms with Crippen molar-refractivity contribution < 1.29 is 14.0 Å². The van der Waals surface area contributed by atoms with E-state index in [-0.39, 0.29) is 35.6 Å². The van der Waals surface area contributed by atoms with Gasteiger partial charge in [0.25, 0.3) is 5.56 Å². The van der Waals surface area contributed by atoms with Gasteiger partial charge in [0.15, 0.2) is 5.76 Å². The zero-order valence-corrected chi connectivity index (χ0v) is 17.4. The van der Waals surface area contributed by atoms with Crippen molar-refractivity contribution in [2.75, 3.05) is 0 Å². The van der Waals surface area contributed by atoms with Crippen LogP contribution in [0.5, 0.6) is 0 Å². The van der Waals surface area contributed by atoms with Crippen molar-refractivity contribution in [2.24, 2.45) is 0 Å². The second-order valence-corrected chi connectivity index (χ2v) is 8.10. The van der Waals surface area contributed by atoms with Crippen molar-refractivity contribution in [1.82, 2.24) is 9.88 Å². The highest BCUT2D eigenvalue weighted by molar-refractivity contribution is 7.07. The number of thiazole rings is 1. The lowest BCUT2D eigenvalue weighted by Crippen LogP contribution is -2.40. The first-order chi connectivity index (χ1) is 13.8. The molecule has 3 rings (SSSR count). The highest BCUT2D eigenvalue weighted by atomic mass is 35.5. The first-order valence-electron chi connectivity index (χ1n) is 8.89. The summed E-state index contributed by atoms with van der Waals surface area (Å²) in [5, 5.41) is 3.35. The summed E-state index contributed by atoms with van der Waals surface area (Å²) < 4.78 is 7.20. The van der Waals surface area contributed by atoms with Gasteiger partial charge in [-0.15, -0.1) is 11.3 Å². The predicted octanol–water partition coefficient (Wildman–Crippen LogP) is 2.17. The summed E-state index contributed by atoms with van der Waals surface area (Å²) >= 11 is 7.04. The third-order valence-electron chi connectivity index (χ3n) is 3.87. The number of ketones is 1. The van der Waals surface area contributed by atoms with Gasteiger partial charge >= 0.3 is 0 Å². The van der Waals surface area contributed by atoms with Gasteiger partial charge in [-0.05, 0) is 49.8 Å². The summed E-state index contributed by atoms with van der Waals surface area (Å²) in [7, 11) is 0. The Morgan fingerprint density at radius 3 is 2.59 bits per heavy atom. The van der Waals surface area contributed by atoms with Gasteiger partial charge in [-0.3, -0.25) is 19.0 Å². The fourth-order valence-corrected chi connectivity index (χ4v) is 3.78. The fraction of sp³-hybridized carbons (Fsp3) is 0.190. The van der Waals surface area contributed by atoms with Gasteiger partial charge in [0, 0.05) is 17.1 Å². The van der Waals surface area contributed by atoms with Gasteiger partial charge in [0.1, 0.15) is 11.2 Å². The number of nitrogens with one attached hydrogen (secondary N) is 1. The van der Waals surface area contributed by atoms with Crippen molar-refractivity contribution in [3.8, 4) is 0 Å². The summed E-state index contributed by atoms with van der Waals surface area (Å²) in [5.41, 5.74) is 0.442. The number of hydrogen-bond donors (Lipinski definition) is 1. The van der Waals surface area contributed by atoms with Gasteiger partial charge in [-0.1, -0.05) is 23.7 Å². The van der Waals surface area contributed by atoms with Crippen LogP contribution in [-0.4, -0.2) is 22.3 Å². The molecule has 0 fully saturated rings. The number of rotatable bonds is 6. The molecule has 0 radical (unpaired) electrons. The molecule has 0 aliphatic rings. The molecule has 3 aromatic rings.